The average Bonchev–Trinajstić information content (AvgIpc) is 2.82. The maximum atomic E-state index is 8.76. The average molecular weight is 248 g/mol. The molecule has 0 fully saturated rings. The van der Waals surface area contributed by atoms with Gasteiger partial charge in [0.05, 0.1) is 6.61 Å². The van der Waals surface area contributed by atoms with Crippen LogP contribution in [0.3, 0.4) is 0 Å². The predicted octanol–water partition coefficient (Wildman–Crippen LogP) is 1.55. The van der Waals surface area contributed by atoms with Gasteiger partial charge >= 0.3 is 0 Å². The molecular formula is C12H16N4O2. The van der Waals surface area contributed by atoms with Gasteiger partial charge in [-0.2, -0.15) is 0 Å². The fourth-order valence-corrected chi connectivity index (χ4v) is 1.53. The molecular weight excluding hydrogens is 232 g/mol. The topological polar surface area (TPSA) is 74.4 Å². The van der Waals surface area contributed by atoms with Crippen molar-refractivity contribution in [2.75, 3.05) is 30.4 Å². The molecule has 0 saturated carbocycles. The van der Waals surface area contributed by atoms with Gasteiger partial charge in [0.1, 0.15) is 23.7 Å². The number of hydrogen-bond donors (Lipinski definition) is 2. The highest BCUT2D eigenvalue weighted by Gasteiger charge is 2.09. The van der Waals surface area contributed by atoms with Gasteiger partial charge < -0.3 is 14.8 Å². The lowest BCUT2D eigenvalue weighted by atomic mass is 10.4. The smallest absolute Gasteiger partial charge is 0.200 e. The van der Waals surface area contributed by atoms with Crippen LogP contribution in [0.15, 0.2) is 28.9 Å². The Morgan fingerprint density at radius 3 is 2.89 bits per heavy atom. The number of furan rings is 1. The van der Waals surface area contributed by atoms with Crippen molar-refractivity contribution in [2.24, 2.45) is 0 Å². The third kappa shape index (κ3) is 2.78. The van der Waals surface area contributed by atoms with Gasteiger partial charge in [0.15, 0.2) is 0 Å². The first kappa shape index (κ1) is 12.4. The minimum Gasteiger partial charge on any atom is -0.445 e. The Kier molecular flexibility index (Phi) is 3.78. The van der Waals surface area contributed by atoms with Crippen LogP contribution in [-0.2, 0) is 0 Å². The summed E-state index contributed by atoms with van der Waals surface area (Å²) in [5, 5.41) is 11.7. The van der Waals surface area contributed by atoms with E-state index in [0.717, 1.165) is 17.5 Å². The predicted molar refractivity (Wildman–Crippen MR) is 69.1 cm³/mol. The maximum absolute atomic E-state index is 8.76. The number of anilines is 3. The minimum atomic E-state index is 0.0621. The third-order valence-corrected chi connectivity index (χ3v) is 2.47. The van der Waals surface area contributed by atoms with Gasteiger partial charge in [-0.25, -0.2) is 9.97 Å². The number of aliphatic hydroxyl groups excluding tert-OH is 1. The first-order valence-electron chi connectivity index (χ1n) is 5.67. The number of aromatic nitrogens is 2. The van der Waals surface area contributed by atoms with Crippen molar-refractivity contribution in [1.29, 1.82) is 0 Å². The largest absolute Gasteiger partial charge is 0.445 e. The van der Waals surface area contributed by atoms with Gasteiger partial charge in [-0.1, -0.05) is 0 Å². The van der Waals surface area contributed by atoms with Crippen LogP contribution in [0.4, 0.5) is 17.5 Å². The zero-order valence-corrected chi connectivity index (χ0v) is 10.4. The van der Waals surface area contributed by atoms with E-state index in [4.69, 9.17) is 9.52 Å². The zero-order valence-electron chi connectivity index (χ0n) is 10.4. The van der Waals surface area contributed by atoms with E-state index >= 15 is 0 Å². The zero-order chi connectivity index (χ0) is 13.0. The summed E-state index contributed by atoms with van der Waals surface area (Å²) < 4.78 is 5.53. The maximum Gasteiger partial charge on any atom is 0.200 e. The molecule has 0 aliphatic rings. The molecule has 0 bridgehead atoms. The van der Waals surface area contributed by atoms with E-state index in [-0.39, 0.29) is 6.61 Å². The second kappa shape index (κ2) is 5.50. The summed E-state index contributed by atoms with van der Waals surface area (Å²) in [6.07, 6.45) is 1.47. The molecule has 2 aromatic heterocycles. The number of aryl methyl sites for hydroxylation is 1. The quantitative estimate of drug-likeness (QED) is 0.836. The second-order valence-corrected chi connectivity index (χ2v) is 3.86. The van der Waals surface area contributed by atoms with E-state index in [2.05, 4.69) is 15.3 Å². The van der Waals surface area contributed by atoms with Crippen LogP contribution < -0.4 is 10.2 Å². The van der Waals surface area contributed by atoms with E-state index in [1.165, 1.54) is 6.33 Å². The molecule has 2 heterocycles. The summed E-state index contributed by atoms with van der Waals surface area (Å²) in [4.78, 5) is 10.1. The van der Waals surface area contributed by atoms with Crippen molar-refractivity contribution >= 4 is 17.5 Å². The number of nitrogens with one attached hydrogen (secondary N) is 1. The molecule has 6 nitrogen and oxygen atoms in total. The van der Waals surface area contributed by atoms with Crippen LogP contribution in [0, 0.1) is 6.92 Å². The number of aliphatic hydroxyl groups is 1. The van der Waals surface area contributed by atoms with E-state index in [9.17, 15) is 0 Å². The van der Waals surface area contributed by atoms with Gasteiger partial charge in [0.25, 0.3) is 0 Å². The Morgan fingerprint density at radius 1 is 1.39 bits per heavy atom. The van der Waals surface area contributed by atoms with Crippen molar-refractivity contribution in [2.45, 2.75) is 6.92 Å². The molecule has 2 rings (SSSR count). The standard InChI is InChI=1S/C12H16N4O2/c1-9-3-4-12(18-9)16(2)11-7-10(13-5-6-17)14-8-15-11/h3-4,7-8,17H,5-6H2,1-2H3,(H,13,14,15). The molecule has 0 aliphatic heterocycles. The van der Waals surface area contributed by atoms with E-state index in [0.29, 0.717) is 12.4 Å². The molecule has 0 saturated heterocycles. The summed E-state index contributed by atoms with van der Waals surface area (Å²) in [5.74, 6) is 2.97. The molecule has 0 aliphatic carbocycles. The van der Waals surface area contributed by atoms with Crippen LogP contribution in [-0.4, -0.2) is 35.3 Å². The highest BCUT2D eigenvalue weighted by atomic mass is 16.4. The number of hydrogen-bond acceptors (Lipinski definition) is 6. The highest BCUT2D eigenvalue weighted by Crippen LogP contribution is 2.24. The summed E-state index contributed by atoms with van der Waals surface area (Å²) in [5.41, 5.74) is 0. The summed E-state index contributed by atoms with van der Waals surface area (Å²) in [7, 11) is 1.87. The molecule has 96 valence electrons. The Bertz CT molecular complexity index is 512. The summed E-state index contributed by atoms with van der Waals surface area (Å²) >= 11 is 0. The van der Waals surface area contributed by atoms with Gasteiger partial charge in [-0.15, -0.1) is 0 Å². The van der Waals surface area contributed by atoms with Crippen LogP contribution in [0.2, 0.25) is 0 Å². The Hall–Kier alpha value is -2.08. The van der Waals surface area contributed by atoms with Crippen LogP contribution in [0.25, 0.3) is 0 Å². The van der Waals surface area contributed by atoms with Crippen molar-refractivity contribution in [3.05, 3.63) is 30.3 Å². The summed E-state index contributed by atoms with van der Waals surface area (Å²) in [6, 6.07) is 5.59. The highest BCUT2D eigenvalue weighted by molar-refractivity contribution is 5.57. The molecule has 18 heavy (non-hydrogen) atoms. The SMILES string of the molecule is Cc1ccc(N(C)c2cc(NCCO)ncn2)o1. The monoisotopic (exact) mass is 248 g/mol. The van der Waals surface area contributed by atoms with Crippen LogP contribution in [0.5, 0.6) is 0 Å². The van der Waals surface area contributed by atoms with Crippen LogP contribution >= 0.6 is 0 Å². The van der Waals surface area contributed by atoms with Crippen molar-refractivity contribution in [1.82, 2.24) is 9.97 Å². The Balaban J connectivity index is 2.17. The Morgan fingerprint density at radius 2 is 2.22 bits per heavy atom. The second-order valence-electron chi connectivity index (χ2n) is 3.86. The van der Waals surface area contributed by atoms with Gasteiger partial charge in [0, 0.05) is 25.7 Å². The molecule has 2 aromatic rings. The Labute approximate surface area is 105 Å². The molecule has 0 radical (unpaired) electrons. The number of nitrogens with zero attached hydrogens (tertiary/aromatic N) is 3. The third-order valence-electron chi connectivity index (χ3n) is 2.47. The molecule has 0 amide bonds. The molecule has 0 atom stereocenters. The lowest BCUT2D eigenvalue weighted by molar-refractivity contribution is 0.311. The fraction of sp³-hybridized carbons (Fsp3) is 0.333. The normalized spacial score (nSPS) is 10.4. The van der Waals surface area contributed by atoms with Gasteiger partial charge in [0.2, 0.25) is 5.88 Å². The van der Waals surface area contributed by atoms with Gasteiger partial charge in [-0.3, -0.25) is 4.90 Å². The van der Waals surface area contributed by atoms with Crippen molar-refractivity contribution in [3.8, 4) is 0 Å². The van der Waals surface area contributed by atoms with Crippen LogP contribution in [0.1, 0.15) is 5.76 Å². The first-order chi connectivity index (χ1) is 8.70. The lowest BCUT2D eigenvalue weighted by Gasteiger charge is -2.15. The summed E-state index contributed by atoms with van der Waals surface area (Å²) in [6.45, 7) is 2.41. The van der Waals surface area contributed by atoms with Crippen molar-refractivity contribution < 1.29 is 9.52 Å². The molecule has 0 spiro atoms. The minimum absolute atomic E-state index is 0.0621. The molecule has 6 heteroatoms. The fourth-order valence-electron chi connectivity index (χ4n) is 1.53. The lowest BCUT2D eigenvalue weighted by Crippen LogP contribution is -2.12. The van der Waals surface area contributed by atoms with E-state index in [1.807, 2.05) is 31.0 Å². The van der Waals surface area contributed by atoms with Gasteiger partial charge in [-0.05, 0) is 13.0 Å². The number of rotatable bonds is 5. The first-order valence-corrected chi connectivity index (χ1v) is 5.67. The molecule has 0 unspecified atom stereocenters. The molecule has 2 N–H and O–H groups in total. The molecule has 0 aromatic carbocycles. The van der Waals surface area contributed by atoms with E-state index in [1.54, 1.807) is 6.07 Å². The van der Waals surface area contributed by atoms with Crippen molar-refractivity contribution in [3.63, 3.8) is 0 Å². The van der Waals surface area contributed by atoms with E-state index < -0.39 is 0 Å².